The molecule has 0 radical (unpaired) electrons. The Morgan fingerprint density at radius 1 is 1.18 bits per heavy atom. The van der Waals surface area contributed by atoms with E-state index in [1.54, 1.807) is 36.4 Å². The fourth-order valence-corrected chi connectivity index (χ4v) is 4.24. The third-order valence-corrected chi connectivity index (χ3v) is 5.98. The minimum atomic E-state index is -0.672. The number of methoxy groups -OCH3 is 1. The number of hydrogen-bond donors (Lipinski definition) is 4. The molecule has 1 aliphatic carbocycles. The maximum atomic E-state index is 12.5. The number of para-hydroxylation sites is 1. The molecule has 6 N–H and O–H groups in total. The fraction of sp³-hybridized carbons (Fsp3) is 0.292. The topological polar surface area (TPSA) is 145 Å². The Balaban J connectivity index is 1.53. The highest BCUT2D eigenvalue weighted by atomic mass is 16.5. The second kappa shape index (κ2) is 9.33. The van der Waals surface area contributed by atoms with E-state index >= 15 is 0 Å². The number of aliphatic hydroxyl groups is 1. The van der Waals surface area contributed by atoms with Gasteiger partial charge in [-0.05, 0) is 37.0 Å². The summed E-state index contributed by atoms with van der Waals surface area (Å²) < 4.78 is 6.76. The monoisotopic (exact) mass is 449 g/mol. The number of primary amides is 1. The van der Waals surface area contributed by atoms with Crippen molar-refractivity contribution in [2.24, 2.45) is 5.73 Å². The van der Waals surface area contributed by atoms with Gasteiger partial charge in [0.15, 0.2) is 0 Å². The third-order valence-electron chi connectivity index (χ3n) is 5.98. The average Bonchev–Trinajstić information content (AvgIpc) is 3.40. The predicted molar refractivity (Wildman–Crippen MR) is 124 cm³/mol. The second-order valence-corrected chi connectivity index (χ2v) is 8.06. The van der Waals surface area contributed by atoms with E-state index in [0.717, 1.165) is 18.4 Å². The minimum absolute atomic E-state index is 0.145. The van der Waals surface area contributed by atoms with Crippen molar-refractivity contribution in [2.75, 3.05) is 12.8 Å². The van der Waals surface area contributed by atoms with Gasteiger partial charge in [0.2, 0.25) is 0 Å². The van der Waals surface area contributed by atoms with E-state index in [1.165, 1.54) is 11.8 Å². The van der Waals surface area contributed by atoms with Gasteiger partial charge in [0.05, 0.1) is 24.8 Å². The Bertz CT molecular complexity index is 1170. The summed E-state index contributed by atoms with van der Waals surface area (Å²) in [5.74, 6) is -0.245. The van der Waals surface area contributed by atoms with E-state index in [2.05, 4.69) is 10.4 Å². The van der Waals surface area contributed by atoms with Gasteiger partial charge in [-0.2, -0.15) is 5.10 Å². The summed E-state index contributed by atoms with van der Waals surface area (Å²) in [5.41, 5.74) is 14.3. The van der Waals surface area contributed by atoms with Crippen molar-refractivity contribution in [2.45, 2.75) is 38.0 Å². The third kappa shape index (κ3) is 4.40. The number of aromatic nitrogens is 2. The lowest BCUT2D eigenvalue weighted by Gasteiger charge is -2.16. The first-order chi connectivity index (χ1) is 15.9. The standard InChI is InChI=1S/C24H27N5O4/c1-33-19-8-3-2-5-16(19)24(32)27-13-14-9-11-15(12-10-14)21-20(23(26)31)22(25)29(28-21)17-6-4-7-18(17)30/h2-3,5,8-12,17-18,30H,4,6-7,13,25H2,1H3,(H2,26,31)(H,27,32)/t17-,18-/m1/s1. The molecule has 2 amide bonds. The molecule has 1 aliphatic rings. The Morgan fingerprint density at radius 3 is 2.55 bits per heavy atom. The molecule has 2 aromatic carbocycles. The van der Waals surface area contributed by atoms with Crippen LogP contribution in [0.2, 0.25) is 0 Å². The van der Waals surface area contributed by atoms with Gasteiger partial charge in [-0.3, -0.25) is 9.59 Å². The first-order valence-electron chi connectivity index (χ1n) is 10.8. The van der Waals surface area contributed by atoms with Crippen molar-refractivity contribution in [3.8, 4) is 17.0 Å². The van der Waals surface area contributed by atoms with Gasteiger partial charge in [0.1, 0.15) is 22.8 Å². The largest absolute Gasteiger partial charge is 0.496 e. The summed E-state index contributed by atoms with van der Waals surface area (Å²) in [6.45, 7) is 0.310. The number of anilines is 1. The van der Waals surface area contributed by atoms with E-state index in [-0.39, 0.29) is 23.3 Å². The predicted octanol–water partition coefficient (Wildman–Crippen LogP) is 2.26. The molecule has 1 aromatic heterocycles. The molecule has 0 aliphatic heterocycles. The van der Waals surface area contributed by atoms with Gasteiger partial charge in [0.25, 0.3) is 11.8 Å². The van der Waals surface area contributed by atoms with Crippen LogP contribution in [0.1, 0.15) is 51.6 Å². The van der Waals surface area contributed by atoms with Crippen molar-refractivity contribution in [1.82, 2.24) is 15.1 Å². The van der Waals surface area contributed by atoms with Crippen LogP contribution in [0.5, 0.6) is 5.75 Å². The van der Waals surface area contributed by atoms with Crippen LogP contribution >= 0.6 is 0 Å². The Kier molecular flexibility index (Phi) is 6.32. The van der Waals surface area contributed by atoms with E-state index in [0.29, 0.717) is 35.5 Å². The maximum Gasteiger partial charge on any atom is 0.255 e. The number of rotatable bonds is 7. The van der Waals surface area contributed by atoms with Gasteiger partial charge >= 0.3 is 0 Å². The summed E-state index contributed by atoms with van der Waals surface area (Å²) in [4.78, 5) is 24.6. The first-order valence-corrected chi connectivity index (χ1v) is 10.8. The molecule has 9 nitrogen and oxygen atoms in total. The highest BCUT2D eigenvalue weighted by Crippen LogP contribution is 2.35. The SMILES string of the molecule is COc1ccccc1C(=O)NCc1ccc(-c2nn([C@@H]3CCC[C@H]3O)c(N)c2C(N)=O)cc1. The molecule has 172 valence electrons. The Labute approximate surface area is 191 Å². The van der Waals surface area contributed by atoms with Crippen LogP contribution in [0.25, 0.3) is 11.3 Å². The quantitative estimate of drug-likeness (QED) is 0.435. The van der Waals surface area contributed by atoms with Gasteiger partial charge in [0, 0.05) is 12.1 Å². The average molecular weight is 450 g/mol. The van der Waals surface area contributed by atoms with Crippen LogP contribution in [0.15, 0.2) is 48.5 Å². The first kappa shape index (κ1) is 22.3. The van der Waals surface area contributed by atoms with E-state index < -0.39 is 12.0 Å². The molecule has 1 saturated carbocycles. The van der Waals surface area contributed by atoms with Crippen LogP contribution < -0.4 is 21.5 Å². The maximum absolute atomic E-state index is 12.5. The summed E-state index contributed by atoms with van der Waals surface area (Å²) in [6, 6.07) is 14.0. The van der Waals surface area contributed by atoms with Gasteiger partial charge < -0.3 is 26.6 Å². The number of carbonyl (C=O) groups excluding carboxylic acids is 2. The molecule has 0 unspecified atom stereocenters. The number of nitrogens with zero attached hydrogens (tertiary/aromatic N) is 2. The molecule has 4 rings (SSSR count). The molecule has 33 heavy (non-hydrogen) atoms. The number of hydrogen-bond acceptors (Lipinski definition) is 6. The lowest BCUT2D eigenvalue weighted by atomic mass is 10.0. The smallest absolute Gasteiger partial charge is 0.255 e. The van der Waals surface area contributed by atoms with Gasteiger partial charge in [-0.1, -0.05) is 36.4 Å². The normalized spacial score (nSPS) is 17.6. The van der Waals surface area contributed by atoms with Crippen LogP contribution in [0.4, 0.5) is 5.82 Å². The number of nitrogens with one attached hydrogen (secondary N) is 1. The molecule has 0 bridgehead atoms. The zero-order valence-electron chi connectivity index (χ0n) is 18.3. The van der Waals surface area contributed by atoms with Crippen LogP contribution in [-0.2, 0) is 6.54 Å². The van der Waals surface area contributed by atoms with E-state index in [4.69, 9.17) is 16.2 Å². The van der Waals surface area contributed by atoms with Crippen LogP contribution in [-0.4, -0.2) is 39.9 Å². The zero-order valence-corrected chi connectivity index (χ0v) is 18.3. The molecule has 2 atom stereocenters. The summed E-state index contributed by atoms with van der Waals surface area (Å²) in [5, 5.41) is 17.7. The molecule has 9 heteroatoms. The number of carbonyl (C=O) groups is 2. The van der Waals surface area contributed by atoms with Crippen molar-refractivity contribution >= 4 is 17.6 Å². The number of nitrogen functional groups attached to an aromatic ring is 1. The molecule has 0 spiro atoms. The number of amides is 2. The van der Waals surface area contributed by atoms with Crippen molar-refractivity contribution in [3.05, 3.63) is 65.2 Å². The van der Waals surface area contributed by atoms with Gasteiger partial charge in [-0.15, -0.1) is 0 Å². The van der Waals surface area contributed by atoms with Gasteiger partial charge in [-0.25, -0.2) is 4.68 Å². The van der Waals surface area contributed by atoms with Crippen molar-refractivity contribution in [3.63, 3.8) is 0 Å². The minimum Gasteiger partial charge on any atom is -0.496 e. The second-order valence-electron chi connectivity index (χ2n) is 8.06. The van der Waals surface area contributed by atoms with Crippen LogP contribution in [0, 0.1) is 0 Å². The van der Waals surface area contributed by atoms with Crippen molar-refractivity contribution in [1.29, 1.82) is 0 Å². The highest BCUT2D eigenvalue weighted by Gasteiger charge is 2.32. The number of nitrogens with two attached hydrogens (primary N) is 2. The summed E-state index contributed by atoms with van der Waals surface area (Å²) in [6.07, 6.45) is 1.70. The molecule has 3 aromatic rings. The summed E-state index contributed by atoms with van der Waals surface area (Å²) >= 11 is 0. The number of benzene rings is 2. The van der Waals surface area contributed by atoms with Crippen LogP contribution in [0.3, 0.4) is 0 Å². The lowest BCUT2D eigenvalue weighted by molar-refractivity contribution is 0.0946. The Hall–Kier alpha value is -3.85. The zero-order chi connectivity index (χ0) is 23.5. The van der Waals surface area contributed by atoms with E-state index in [9.17, 15) is 14.7 Å². The Morgan fingerprint density at radius 2 is 1.91 bits per heavy atom. The van der Waals surface area contributed by atoms with E-state index in [1.807, 2.05) is 12.1 Å². The number of aliphatic hydroxyl groups excluding tert-OH is 1. The molecule has 1 fully saturated rings. The highest BCUT2D eigenvalue weighted by molar-refractivity contribution is 6.03. The lowest BCUT2D eigenvalue weighted by Crippen LogP contribution is -2.23. The molecular formula is C24H27N5O4. The fourth-order valence-electron chi connectivity index (χ4n) is 4.24. The van der Waals surface area contributed by atoms with Crippen molar-refractivity contribution < 1.29 is 19.4 Å². The molecule has 1 heterocycles. The summed E-state index contributed by atoms with van der Waals surface area (Å²) in [7, 11) is 1.52. The molecular weight excluding hydrogens is 422 g/mol. The number of ether oxygens (including phenoxy) is 1. The molecule has 0 saturated heterocycles.